The van der Waals surface area contributed by atoms with Crippen molar-refractivity contribution in [2.75, 3.05) is 0 Å². The highest BCUT2D eigenvalue weighted by atomic mass is 32.2. The van der Waals surface area contributed by atoms with Crippen molar-refractivity contribution >= 4 is 31.6 Å². The lowest BCUT2D eigenvalue weighted by molar-refractivity contribution is -0.261. The van der Waals surface area contributed by atoms with Gasteiger partial charge in [0.1, 0.15) is 43.1 Å². The summed E-state index contributed by atoms with van der Waals surface area (Å²) in [4.78, 5) is -0.675. The van der Waals surface area contributed by atoms with Gasteiger partial charge in [-0.05, 0) is 62.4 Å². The van der Waals surface area contributed by atoms with Gasteiger partial charge in [0.15, 0.2) is 0 Å². The van der Waals surface area contributed by atoms with E-state index in [-0.39, 0.29) is 21.3 Å². The number of benzene rings is 3. The minimum Gasteiger partial charge on any atom is -0.744 e. The fraction of sp³-hybridized carbons (Fsp3) is 0.100. The van der Waals surface area contributed by atoms with Crippen molar-refractivity contribution in [1.82, 2.24) is 0 Å². The molecular weight excluding hydrogens is 460 g/mol. The monoisotopic (exact) mass is 484 g/mol. The molecule has 0 aliphatic carbocycles. The van der Waals surface area contributed by atoms with Gasteiger partial charge in [0.2, 0.25) is 0 Å². The van der Waals surface area contributed by atoms with Crippen molar-refractivity contribution in [1.29, 1.82) is 0 Å². The van der Waals surface area contributed by atoms with Gasteiger partial charge in [-0.25, -0.2) is 16.8 Å². The quantitative estimate of drug-likeness (QED) is 0.378. The van der Waals surface area contributed by atoms with Crippen LogP contribution in [0.5, 0.6) is 11.5 Å². The van der Waals surface area contributed by atoms with Crippen LogP contribution in [0.4, 0.5) is 11.4 Å². The van der Waals surface area contributed by atoms with E-state index in [0.29, 0.717) is 0 Å². The number of hydrogen-bond acceptors (Lipinski definition) is 8. The van der Waals surface area contributed by atoms with Crippen LogP contribution in [0, 0.1) is 13.8 Å². The van der Waals surface area contributed by atoms with Crippen molar-refractivity contribution in [3.05, 3.63) is 71.8 Å². The number of phenols is 2. The number of phenolic OH excluding ortho intramolecular Hbond substituents is 2. The Kier molecular flexibility index (Phi) is 9.33. The predicted molar refractivity (Wildman–Crippen MR) is 113 cm³/mol. The summed E-state index contributed by atoms with van der Waals surface area (Å²) in [6.45, 7) is 4.10. The molecule has 0 aliphatic heterocycles. The Morgan fingerprint density at radius 3 is 1.09 bits per heavy atom. The fourth-order valence-corrected chi connectivity index (χ4v) is 3.10. The summed E-state index contributed by atoms with van der Waals surface area (Å²) in [5.41, 5.74) is 12.4. The molecule has 174 valence electrons. The first-order valence-electron chi connectivity index (χ1n) is 8.86. The van der Waals surface area contributed by atoms with Gasteiger partial charge < -0.3 is 30.8 Å². The van der Waals surface area contributed by atoms with E-state index >= 15 is 0 Å². The molecule has 3 aromatic carbocycles. The number of hydrogen-bond donors (Lipinski definition) is 4. The van der Waals surface area contributed by atoms with Crippen molar-refractivity contribution in [2.24, 2.45) is 0 Å². The van der Waals surface area contributed by atoms with E-state index in [0.717, 1.165) is 59.9 Å². The Hall–Kier alpha value is -3.00. The zero-order valence-corrected chi connectivity index (χ0v) is 19.0. The van der Waals surface area contributed by atoms with E-state index in [1.807, 2.05) is 0 Å². The minimum absolute atomic E-state index is 0.0719. The van der Waals surface area contributed by atoms with Gasteiger partial charge in [-0.15, -0.1) is 0 Å². The number of aryl methyl sites for hydroxylation is 2. The normalized spacial score (nSPS) is 10.9. The molecule has 10 nitrogen and oxygen atoms in total. The summed E-state index contributed by atoms with van der Waals surface area (Å²) in [6.07, 6.45) is 0. The van der Waals surface area contributed by atoms with Gasteiger partial charge in [0.25, 0.3) is 0 Å². The van der Waals surface area contributed by atoms with Crippen LogP contribution in [-0.4, -0.2) is 36.2 Å². The van der Waals surface area contributed by atoms with Crippen molar-refractivity contribution in [3.63, 3.8) is 0 Å². The number of rotatable bonds is 2. The summed E-state index contributed by atoms with van der Waals surface area (Å²) in [7, 11) is -8.76. The standard InChI is InChI=1S/C8H12N2.2C6H6O4S/c1-5-3-8(10)6(2)4-7(5)9;2*7-5-1-3-6(4-2-5)11(8,9)10/h3-4H,9-10H2,1-2H3;2*1-4,7H,(H,8,9,10). The molecule has 0 aliphatic rings. The molecule has 12 heteroatoms. The van der Waals surface area contributed by atoms with Crippen molar-refractivity contribution in [2.45, 2.75) is 23.6 Å². The minimum atomic E-state index is -4.38. The Morgan fingerprint density at radius 1 is 0.625 bits per heavy atom. The molecule has 0 spiro atoms. The topological polar surface area (TPSA) is 210 Å². The van der Waals surface area contributed by atoms with E-state index in [9.17, 15) is 25.9 Å². The molecule has 8 N–H and O–H groups in total. The lowest BCUT2D eigenvalue weighted by Crippen LogP contribution is -2.44. The van der Waals surface area contributed by atoms with Gasteiger partial charge in [-0.1, -0.05) is 0 Å². The largest absolute Gasteiger partial charge is 0.744 e. The molecule has 32 heavy (non-hydrogen) atoms. The van der Waals surface area contributed by atoms with E-state index in [1.165, 1.54) is 11.1 Å². The SMILES string of the molecule is Cc1cc([NH3+])c(C)cc1[NH3+].O=S(=O)([O-])c1ccc(O)cc1.O=S(=O)([O-])c1ccc(O)cc1. The average molecular weight is 485 g/mol. The Balaban J connectivity index is 0.000000240. The third kappa shape index (κ3) is 9.01. The smallest absolute Gasteiger partial charge is 0.131 e. The van der Waals surface area contributed by atoms with Crippen LogP contribution < -0.4 is 11.5 Å². The fourth-order valence-electron chi connectivity index (χ4n) is 2.16. The zero-order valence-electron chi connectivity index (χ0n) is 17.3. The predicted octanol–water partition coefficient (Wildman–Crippen LogP) is 0.643. The number of aromatic hydroxyl groups is 2. The van der Waals surface area contributed by atoms with Crippen LogP contribution in [0.15, 0.2) is 70.5 Å². The van der Waals surface area contributed by atoms with Crippen LogP contribution in [-0.2, 0) is 20.2 Å². The highest BCUT2D eigenvalue weighted by Gasteiger charge is 2.02. The molecule has 3 rings (SSSR count). The lowest BCUT2D eigenvalue weighted by atomic mass is 10.1. The third-order valence-electron chi connectivity index (χ3n) is 4.05. The Labute approximate surface area is 186 Å². The molecule has 0 atom stereocenters. The van der Waals surface area contributed by atoms with Crippen LogP contribution in [0.3, 0.4) is 0 Å². The molecule has 0 unspecified atom stereocenters. The third-order valence-corrected chi connectivity index (χ3v) is 5.74. The second kappa shape index (κ2) is 11.0. The van der Waals surface area contributed by atoms with Gasteiger partial charge in [-0.2, -0.15) is 0 Å². The summed E-state index contributed by atoms with van der Waals surface area (Å²) in [5, 5.41) is 17.5. The first-order chi connectivity index (χ1) is 14.6. The maximum atomic E-state index is 10.3. The molecule has 0 saturated carbocycles. The van der Waals surface area contributed by atoms with Gasteiger partial charge in [0.05, 0.1) is 9.79 Å². The lowest BCUT2D eigenvalue weighted by Gasteiger charge is -2.05. The molecule has 0 heterocycles. The summed E-state index contributed by atoms with van der Waals surface area (Å²) in [6, 6.07) is 12.9. The van der Waals surface area contributed by atoms with Crippen molar-refractivity contribution < 1.29 is 47.6 Å². The second-order valence-electron chi connectivity index (χ2n) is 6.60. The van der Waals surface area contributed by atoms with Gasteiger partial charge >= 0.3 is 0 Å². The number of quaternary nitrogens is 2. The molecule has 3 aromatic rings. The first-order valence-corrected chi connectivity index (χ1v) is 11.7. The van der Waals surface area contributed by atoms with Crippen LogP contribution in [0.25, 0.3) is 0 Å². The maximum Gasteiger partial charge on any atom is 0.131 e. The zero-order chi connectivity index (χ0) is 24.7. The molecule has 0 saturated heterocycles. The van der Waals surface area contributed by atoms with Gasteiger partial charge in [-0.3, -0.25) is 0 Å². The Bertz CT molecular complexity index is 1130. The summed E-state index contributed by atoms with van der Waals surface area (Å²) < 4.78 is 61.8. The molecule has 0 radical (unpaired) electrons. The van der Waals surface area contributed by atoms with Crippen LogP contribution in [0.2, 0.25) is 0 Å². The highest BCUT2D eigenvalue weighted by molar-refractivity contribution is 7.86. The molecule has 0 amide bonds. The van der Waals surface area contributed by atoms with E-state index < -0.39 is 20.2 Å². The van der Waals surface area contributed by atoms with E-state index in [2.05, 4.69) is 37.4 Å². The molecular formula is C20H24N2O8S2. The van der Waals surface area contributed by atoms with E-state index in [1.54, 1.807) is 0 Å². The highest BCUT2D eigenvalue weighted by Crippen LogP contribution is 2.16. The van der Waals surface area contributed by atoms with Crippen LogP contribution in [0.1, 0.15) is 11.1 Å². The maximum absolute atomic E-state index is 10.3. The summed E-state index contributed by atoms with van der Waals surface area (Å²) in [5.74, 6) is -0.144. The van der Waals surface area contributed by atoms with Crippen LogP contribution >= 0.6 is 0 Å². The second-order valence-corrected chi connectivity index (χ2v) is 9.36. The molecule has 0 fully saturated rings. The molecule has 0 bridgehead atoms. The van der Waals surface area contributed by atoms with E-state index in [4.69, 9.17) is 10.2 Å². The average Bonchev–Trinajstić information content (AvgIpc) is 2.67. The van der Waals surface area contributed by atoms with Gasteiger partial charge in [0, 0.05) is 23.3 Å². The summed E-state index contributed by atoms with van der Waals surface area (Å²) >= 11 is 0. The first kappa shape index (κ1) is 27.0. The molecule has 0 aromatic heterocycles. The Morgan fingerprint density at radius 2 is 0.875 bits per heavy atom. The van der Waals surface area contributed by atoms with Crippen molar-refractivity contribution in [3.8, 4) is 11.5 Å².